The number of halogens is 1. The van der Waals surface area contributed by atoms with Crippen LogP contribution in [0, 0.1) is 0 Å². The first-order valence-corrected chi connectivity index (χ1v) is 10.7. The predicted octanol–water partition coefficient (Wildman–Crippen LogP) is 4.05. The van der Waals surface area contributed by atoms with E-state index in [-0.39, 0.29) is 5.56 Å². The highest BCUT2D eigenvalue weighted by Gasteiger charge is 2.21. The van der Waals surface area contributed by atoms with Gasteiger partial charge in [0, 0.05) is 23.7 Å². The largest absolute Gasteiger partial charge is 0.378 e. The maximum atomic E-state index is 12.6. The van der Waals surface area contributed by atoms with Crippen LogP contribution in [0.4, 0.5) is 5.69 Å². The number of ether oxygens (including phenoxy) is 1. The third-order valence-corrected chi connectivity index (χ3v) is 6.84. The zero-order chi connectivity index (χ0) is 19.1. The Morgan fingerprint density at radius 1 is 1.21 bits per heavy atom. The Morgan fingerprint density at radius 3 is 2.79 bits per heavy atom. The van der Waals surface area contributed by atoms with Crippen molar-refractivity contribution in [1.29, 1.82) is 0 Å². The fraction of sp³-hybridized carbons (Fsp3) is 0.333. The van der Waals surface area contributed by atoms with Crippen molar-refractivity contribution >= 4 is 50.0 Å². The van der Waals surface area contributed by atoms with Crippen molar-refractivity contribution in [1.82, 2.24) is 9.97 Å². The minimum atomic E-state index is -0.0892. The van der Waals surface area contributed by atoms with Gasteiger partial charge in [-0.15, -0.1) is 11.3 Å². The van der Waals surface area contributed by atoms with E-state index in [1.165, 1.54) is 16.1 Å². The lowest BCUT2D eigenvalue weighted by Crippen LogP contribution is -2.36. The third-order valence-electron chi connectivity index (χ3n) is 5.36. The smallest absolute Gasteiger partial charge is 0.260 e. The minimum Gasteiger partial charge on any atom is -0.378 e. The molecule has 2 aromatic heterocycles. The Balaban J connectivity index is 1.43. The molecule has 0 saturated carbocycles. The van der Waals surface area contributed by atoms with Crippen LogP contribution in [0.3, 0.4) is 0 Å². The molecule has 0 unspecified atom stereocenters. The van der Waals surface area contributed by atoms with Gasteiger partial charge in [-0.25, -0.2) is 4.98 Å². The zero-order valence-corrected chi connectivity index (χ0v) is 16.9. The van der Waals surface area contributed by atoms with Crippen LogP contribution >= 0.6 is 22.9 Å². The van der Waals surface area contributed by atoms with E-state index in [0.717, 1.165) is 61.3 Å². The highest BCUT2D eigenvalue weighted by Crippen LogP contribution is 2.35. The fourth-order valence-electron chi connectivity index (χ4n) is 3.93. The molecule has 0 bridgehead atoms. The standard InChI is InChI=1S/C21H20ClN3O2S/c22-16(12-13-4-6-14(7-5-13)25-8-10-27-11-9-25)19-23-20(26)18-15-2-1-3-17(15)28-21(18)24-19/h4-7,12H,1-3,8-11H2,(H,23,24,26)/b16-12-. The van der Waals surface area contributed by atoms with E-state index in [2.05, 4.69) is 27.0 Å². The molecule has 1 fully saturated rings. The molecule has 1 saturated heterocycles. The van der Waals surface area contributed by atoms with E-state index in [1.807, 2.05) is 18.2 Å². The molecular formula is C21H20ClN3O2S. The van der Waals surface area contributed by atoms with Crippen molar-refractivity contribution in [3.05, 3.63) is 56.4 Å². The number of hydrogen-bond acceptors (Lipinski definition) is 5. The second kappa shape index (κ2) is 7.35. The molecule has 0 radical (unpaired) electrons. The van der Waals surface area contributed by atoms with Crippen LogP contribution in [-0.2, 0) is 17.6 Å². The van der Waals surface area contributed by atoms with Crippen LogP contribution in [0.15, 0.2) is 29.1 Å². The van der Waals surface area contributed by atoms with Gasteiger partial charge in [-0.3, -0.25) is 4.79 Å². The lowest BCUT2D eigenvalue weighted by Gasteiger charge is -2.28. The summed E-state index contributed by atoms with van der Waals surface area (Å²) < 4.78 is 5.40. The van der Waals surface area contributed by atoms with Gasteiger partial charge < -0.3 is 14.6 Å². The molecule has 2 aliphatic rings. The van der Waals surface area contributed by atoms with E-state index in [9.17, 15) is 4.79 Å². The number of benzene rings is 1. The second-order valence-corrected chi connectivity index (χ2v) is 8.63. The number of nitrogens with one attached hydrogen (secondary N) is 1. The number of fused-ring (bicyclic) bond motifs is 3. The van der Waals surface area contributed by atoms with Gasteiger partial charge in [0.05, 0.1) is 23.6 Å². The van der Waals surface area contributed by atoms with Gasteiger partial charge in [0.1, 0.15) is 4.83 Å². The maximum absolute atomic E-state index is 12.6. The van der Waals surface area contributed by atoms with Gasteiger partial charge in [0.25, 0.3) is 5.56 Å². The van der Waals surface area contributed by atoms with Gasteiger partial charge in [-0.1, -0.05) is 23.7 Å². The number of H-pyrrole nitrogens is 1. The molecule has 0 spiro atoms. The SMILES string of the molecule is O=c1[nH]c(/C(Cl)=C/c2ccc(N3CCOCC3)cc2)nc2sc3c(c12)CCC3. The van der Waals surface area contributed by atoms with Gasteiger partial charge in [-0.05, 0) is 48.6 Å². The van der Waals surface area contributed by atoms with Crippen molar-refractivity contribution in [2.45, 2.75) is 19.3 Å². The first-order valence-electron chi connectivity index (χ1n) is 9.54. The summed E-state index contributed by atoms with van der Waals surface area (Å²) >= 11 is 8.13. The van der Waals surface area contributed by atoms with Gasteiger partial charge >= 0.3 is 0 Å². The molecular weight excluding hydrogens is 394 g/mol. The van der Waals surface area contributed by atoms with Gasteiger partial charge in [0.15, 0.2) is 5.82 Å². The van der Waals surface area contributed by atoms with Crippen molar-refractivity contribution in [3.8, 4) is 0 Å². The predicted molar refractivity (Wildman–Crippen MR) is 115 cm³/mol. The number of aromatic amines is 1. The van der Waals surface area contributed by atoms with E-state index < -0.39 is 0 Å². The lowest BCUT2D eigenvalue weighted by atomic mass is 10.1. The number of anilines is 1. The van der Waals surface area contributed by atoms with Crippen LogP contribution in [0.5, 0.6) is 0 Å². The van der Waals surface area contributed by atoms with E-state index in [1.54, 1.807) is 11.3 Å². The Bertz CT molecular complexity index is 1110. The van der Waals surface area contributed by atoms with Crippen LogP contribution in [0.1, 0.15) is 28.2 Å². The molecule has 7 heteroatoms. The Hall–Kier alpha value is -2.15. The van der Waals surface area contributed by atoms with Crippen molar-refractivity contribution in [2.75, 3.05) is 31.2 Å². The molecule has 3 heterocycles. The highest BCUT2D eigenvalue weighted by molar-refractivity contribution is 7.18. The number of nitrogens with zero attached hydrogens (tertiary/aromatic N) is 2. The number of aromatic nitrogens is 2. The Morgan fingerprint density at radius 2 is 2.00 bits per heavy atom. The van der Waals surface area contributed by atoms with Crippen LogP contribution in [-0.4, -0.2) is 36.3 Å². The summed E-state index contributed by atoms with van der Waals surface area (Å²) in [5.74, 6) is 0.427. The summed E-state index contributed by atoms with van der Waals surface area (Å²) in [5, 5.41) is 1.19. The number of morpholine rings is 1. The Labute approximate surface area is 171 Å². The number of thiophene rings is 1. The maximum Gasteiger partial charge on any atom is 0.260 e. The zero-order valence-electron chi connectivity index (χ0n) is 15.3. The molecule has 1 aliphatic carbocycles. The van der Waals surface area contributed by atoms with Crippen LogP contribution in [0.2, 0.25) is 0 Å². The van der Waals surface area contributed by atoms with Crippen molar-refractivity contribution < 1.29 is 4.74 Å². The number of hydrogen-bond donors (Lipinski definition) is 1. The van der Waals surface area contributed by atoms with Gasteiger partial charge in [0.2, 0.25) is 0 Å². The highest BCUT2D eigenvalue weighted by atomic mass is 35.5. The molecule has 0 amide bonds. The summed E-state index contributed by atoms with van der Waals surface area (Å²) in [7, 11) is 0. The van der Waals surface area contributed by atoms with E-state index in [4.69, 9.17) is 16.3 Å². The first-order chi connectivity index (χ1) is 13.7. The average Bonchev–Trinajstić information content (AvgIpc) is 3.30. The Kier molecular flexibility index (Phi) is 4.70. The van der Waals surface area contributed by atoms with Crippen molar-refractivity contribution in [2.24, 2.45) is 0 Å². The summed E-state index contributed by atoms with van der Waals surface area (Å²) in [6.07, 6.45) is 4.98. The third kappa shape index (κ3) is 3.26. The van der Waals surface area contributed by atoms with Crippen molar-refractivity contribution in [3.63, 3.8) is 0 Å². The van der Waals surface area contributed by atoms with E-state index in [0.29, 0.717) is 10.9 Å². The molecule has 144 valence electrons. The minimum absolute atomic E-state index is 0.0892. The molecule has 0 atom stereocenters. The molecule has 1 aliphatic heterocycles. The summed E-state index contributed by atoms with van der Waals surface area (Å²) in [5.41, 5.74) is 3.24. The average molecular weight is 414 g/mol. The quantitative estimate of drug-likeness (QED) is 0.703. The molecule has 28 heavy (non-hydrogen) atoms. The molecule has 3 aromatic rings. The van der Waals surface area contributed by atoms with Crippen LogP contribution < -0.4 is 10.5 Å². The summed E-state index contributed by atoms with van der Waals surface area (Å²) in [6, 6.07) is 8.24. The summed E-state index contributed by atoms with van der Waals surface area (Å²) in [4.78, 5) is 24.5. The monoisotopic (exact) mass is 413 g/mol. The topological polar surface area (TPSA) is 58.2 Å². The summed E-state index contributed by atoms with van der Waals surface area (Å²) in [6.45, 7) is 3.35. The van der Waals surface area contributed by atoms with Gasteiger partial charge in [-0.2, -0.15) is 0 Å². The van der Waals surface area contributed by atoms with E-state index >= 15 is 0 Å². The molecule has 1 N–H and O–H groups in total. The molecule has 5 nitrogen and oxygen atoms in total. The normalized spacial score (nSPS) is 17.3. The lowest BCUT2D eigenvalue weighted by molar-refractivity contribution is 0.122. The first kappa shape index (κ1) is 17.9. The number of aryl methyl sites for hydroxylation is 2. The number of rotatable bonds is 3. The molecule has 1 aromatic carbocycles. The second-order valence-electron chi connectivity index (χ2n) is 7.14. The molecule has 5 rings (SSSR count). The van der Waals surface area contributed by atoms with Crippen LogP contribution in [0.25, 0.3) is 21.3 Å². The fourth-order valence-corrected chi connectivity index (χ4v) is 5.41.